The van der Waals surface area contributed by atoms with Crippen molar-refractivity contribution in [2.45, 2.75) is 46.1 Å². The van der Waals surface area contributed by atoms with Gasteiger partial charge in [0.15, 0.2) is 0 Å². The van der Waals surface area contributed by atoms with Gasteiger partial charge in [0.25, 0.3) is 5.91 Å². The second kappa shape index (κ2) is 9.95. The maximum absolute atomic E-state index is 13.0. The number of nitrogens with one attached hydrogen (secondary N) is 1. The van der Waals surface area contributed by atoms with E-state index in [1.807, 2.05) is 24.6 Å². The second-order valence-electron chi connectivity index (χ2n) is 9.17. The minimum atomic E-state index is -0.405. The lowest BCUT2D eigenvalue weighted by molar-refractivity contribution is 0.0160. The smallest absolute Gasteiger partial charge is 0.341 e. The van der Waals surface area contributed by atoms with E-state index in [1.165, 1.54) is 7.11 Å². The first-order valence-corrected chi connectivity index (χ1v) is 11.7. The van der Waals surface area contributed by atoms with Crippen LogP contribution in [-0.2, 0) is 28.9 Å². The first-order chi connectivity index (χ1) is 16.0. The molecule has 0 radical (unpaired) electrons. The third kappa shape index (κ3) is 4.90. The summed E-state index contributed by atoms with van der Waals surface area (Å²) in [4.78, 5) is 25.5. The molecule has 178 valence electrons. The summed E-state index contributed by atoms with van der Waals surface area (Å²) in [7, 11) is 1.53. The van der Waals surface area contributed by atoms with Crippen molar-refractivity contribution >= 4 is 11.9 Å². The van der Waals surface area contributed by atoms with E-state index in [-0.39, 0.29) is 23.8 Å². The summed E-state index contributed by atoms with van der Waals surface area (Å²) < 4.78 is 18.3. The molecule has 3 heterocycles. The van der Waals surface area contributed by atoms with Crippen molar-refractivity contribution in [1.82, 2.24) is 15.1 Å². The van der Waals surface area contributed by atoms with Gasteiger partial charge >= 0.3 is 5.97 Å². The van der Waals surface area contributed by atoms with E-state index >= 15 is 0 Å². The number of hydrogen-bond donors (Lipinski definition) is 1. The number of benzene rings is 1. The van der Waals surface area contributed by atoms with Gasteiger partial charge in [0, 0.05) is 31.9 Å². The van der Waals surface area contributed by atoms with Crippen LogP contribution in [0.5, 0.6) is 5.75 Å². The molecule has 1 unspecified atom stereocenters. The number of methoxy groups -OCH3 is 1. The highest BCUT2D eigenvalue weighted by molar-refractivity contribution is 5.95. The van der Waals surface area contributed by atoms with E-state index in [1.54, 1.807) is 18.2 Å². The van der Waals surface area contributed by atoms with Gasteiger partial charge in [-0.2, -0.15) is 5.10 Å². The number of carbonyl (C=O) groups excluding carboxylic acids is 2. The number of nitrogens with zero attached hydrogens (tertiary/aromatic N) is 2. The molecule has 2 aromatic rings. The summed E-state index contributed by atoms with van der Waals surface area (Å²) >= 11 is 0. The van der Waals surface area contributed by atoms with Gasteiger partial charge in [-0.1, -0.05) is 19.1 Å². The fraction of sp³-hybridized carbons (Fsp3) is 0.560. The molecule has 8 heteroatoms. The van der Waals surface area contributed by atoms with Crippen LogP contribution >= 0.6 is 0 Å². The fourth-order valence-electron chi connectivity index (χ4n) is 4.83. The van der Waals surface area contributed by atoms with Gasteiger partial charge in [-0.15, -0.1) is 0 Å². The van der Waals surface area contributed by atoms with Crippen LogP contribution < -0.4 is 10.1 Å². The molecule has 0 saturated carbocycles. The Morgan fingerprint density at radius 3 is 2.79 bits per heavy atom. The number of carbonyl (C=O) groups is 2. The predicted octanol–water partition coefficient (Wildman–Crippen LogP) is 3.03. The average molecular weight is 456 g/mol. The van der Waals surface area contributed by atoms with Crippen molar-refractivity contribution in [2.24, 2.45) is 11.3 Å². The van der Waals surface area contributed by atoms with Crippen molar-refractivity contribution in [2.75, 3.05) is 33.5 Å². The van der Waals surface area contributed by atoms with Gasteiger partial charge in [-0.3, -0.25) is 9.48 Å². The number of fused-ring (bicyclic) bond motifs is 1. The average Bonchev–Trinajstić information content (AvgIpc) is 3.10. The number of ether oxygens (including phenoxy) is 3. The Morgan fingerprint density at radius 2 is 2.06 bits per heavy atom. The Morgan fingerprint density at radius 1 is 1.30 bits per heavy atom. The maximum Gasteiger partial charge on any atom is 0.341 e. The number of para-hydroxylation sites is 1. The molecule has 0 aliphatic carbocycles. The minimum absolute atomic E-state index is 0.00901. The Labute approximate surface area is 194 Å². The summed E-state index contributed by atoms with van der Waals surface area (Å²) in [5.41, 5.74) is 3.06. The summed E-state index contributed by atoms with van der Waals surface area (Å²) in [6, 6.07) is 7.03. The molecular weight excluding hydrogens is 422 g/mol. The maximum atomic E-state index is 13.0. The molecule has 1 N–H and O–H groups in total. The fourth-order valence-corrected chi connectivity index (χ4v) is 4.83. The zero-order valence-electron chi connectivity index (χ0n) is 19.7. The molecule has 1 fully saturated rings. The van der Waals surface area contributed by atoms with Crippen LogP contribution in [0.15, 0.2) is 24.3 Å². The van der Waals surface area contributed by atoms with Gasteiger partial charge in [0.05, 0.1) is 19.4 Å². The van der Waals surface area contributed by atoms with Crippen LogP contribution in [0, 0.1) is 11.3 Å². The molecule has 1 saturated heterocycles. The SMILES string of the molecule is CCn1nc(CC(C)COC(=O)c2ccccc2OC)c2c1C(=O)NCC1(CCOCC1)C2. The van der Waals surface area contributed by atoms with Crippen molar-refractivity contribution < 1.29 is 23.8 Å². The van der Waals surface area contributed by atoms with E-state index in [9.17, 15) is 9.59 Å². The Balaban J connectivity index is 1.50. The third-order valence-corrected chi connectivity index (χ3v) is 6.75. The zero-order valence-corrected chi connectivity index (χ0v) is 19.7. The van der Waals surface area contributed by atoms with Crippen LogP contribution in [-0.4, -0.2) is 55.1 Å². The first kappa shape index (κ1) is 23.3. The molecule has 33 heavy (non-hydrogen) atoms. The van der Waals surface area contributed by atoms with Gasteiger partial charge in [-0.05, 0) is 56.1 Å². The first-order valence-electron chi connectivity index (χ1n) is 11.7. The van der Waals surface area contributed by atoms with E-state index in [0.29, 0.717) is 36.5 Å². The molecule has 1 atom stereocenters. The normalized spacial score (nSPS) is 18.2. The molecule has 1 aromatic heterocycles. The molecule has 1 amide bonds. The van der Waals surface area contributed by atoms with Gasteiger partial charge < -0.3 is 19.5 Å². The highest BCUT2D eigenvalue weighted by atomic mass is 16.5. The Bertz CT molecular complexity index is 1010. The lowest BCUT2D eigenvalue weighted by Crippen LogP contribution is -2.40. The lowest BCUT2D eigenvalue weighted by Gasteiger charge is -2.36. The third-order valence-electron chi connectivity index (χ3n) is 6.75. The van der Waals surface area contributed by atoms with Crippen LogP contribution in [0.25, 0.3) is 0 Å². The molecule has 2 aliphatic heterocycles. The van der Waals surface area contributed by atoms with E-state index in [2.05, 4.69) is 5.32 Å². The van der Waals surface area contributed by atoms with Crippen LogP contribution in [0.1, 0.15) is 58.8 Å². The Kier molecular flexibility index (Phi) is 7.02. The molecule has 8 nitrogen and oxygen atoms in total. The molecular formula is C25H33N3O5. The summed E-state index contributed by atoms with van der Waals surface area (Å²) in [6.45, 7) is 7.03. The second-order valence-corrected chi connectivity index (χ2v) is 9.17. The minimum Gasteiger partial charge on any atom is -0.496 e. The highest BCUT2D eigenvalue weighted by Gasteiger charge is 2.39. The molecule has 1 aromatic carbocycles. The zero-order chi connectivity index (χ0) is 23.4. The number of aryl methyl sites for hydroxylation is 1. The molecule has 0 bridgehead atoms. The van der Waals surface area contributed by atoms with Crippen LogP contribution in [0.3, 0.4) is 0 Å². The number of hydrogen-bond acceptors (Lipinski definition) is 6. The number of amides is 1. The standard InChI is InChI=1S/C25H33N3O5/c1-4-28-22-19(14-25(16-26-23(22)29)9-11-32-12-10-25)20(27-28)13-17(2)15-33-24(30)18-7-5-6-8-21(18)31-3/h5-8,17H,4,9-16H2,1-3H3,(H,26,29). The molecule has 4 rings (SSSR count). The highest BCUT2D eigenvalue weighted by Crippen LogP contribution is 2.38. The Hall–Kier alpha value is -2.87. The quantitative estimate of drug-likeness (QED) is 0.646. The molecule has 1 spiro atoms. The monoisotopic (exact) mass is 455 g/mol. The van der Waals surface area contributed by atoms with Gasteiger partial charge in [-0.25, -0.2) is 4.79 Å². The molecule has 2 aliphatic rings. The summed E-state index contributed by atoms with van der Waals surface area (Å²) in [5, 5.41) is 7.93. The van der Waals surface area contributed by atoms with E-state index < -0.39 is 5.97 Å². The summed E-state index contributed by atoms with van der Waals surface area (Å²) in [6.07, 6.45) is 3.30. The van der Waals surface area contributed by atoms with Gasteiger partial charge in [0.1, 0.15) is 17.0 Å². The largest absolute Gasteiger partial charge is 0.496 e. The van der Waals surface area contributed by atoms with Crippen molar-refractivity contribution in [3.05, 3.63) is 46.8 Å². The van der Waals surface area contributed by atoms with Crippen molar-refractivity contribution in [3.63, 3.8) is 0 Å². The predicted molar refractivity (Wildman–Crippen MR) is 123 cm³/mol. The topological polar surface area (TPSA) is 91.7 Å². The van der Waals surface area contributed by atoms with Crippen LogP contribution in [0.2, 0.25) is 0 Å². The van der Waals surface area contributed by atoms with E-state index in [0.717, 1.165) is 43.7 Å². The van der Waals surface area contributed by atoms with E-state index in [4.69, 9.17) is 19.3 Å². The van der Waals surface area contributed by atoms with Crippen LogP contribution in [0.4, 0.5) is 0 Å². The number of rotatable bonds is 7. The number of aromatic nitrogens is 2. The van der Waals surface area contributed by atoms with Crippen molar-refractivity contribution in [3.8, 4) is 5.75 Å². The van der Waals surface area contributed by atoms with Crippen molar-refractivity contribution in [1.29, 1.82) is 0 Å². The van der Waals surface area contributed by atoms with Gasteiger partial charge in [0.2, 0.25) is 0 Å². The lowest BCUT2D eigenvalue weighted by atomic mass is 9.75. The number of esters is 1. The summed E-state index contributed by atoms with van der Waals surface area (Å²) in [5.74, 6) is 0.0850.